The number of aryl methyl sites for hydroxylation is 2. The lowest BCUT2D eigenvalue weighted by Crippen LogP contribution is -2.32. The van der Waals surface area contributed by atoms with Gasteiger partial charge in [0.1, 0.15) is 18.1 Å². The maximum atomic E-state index is 12.5. The summed E-state index contributed by atoms with van der Waals surface area (Å²) in [4.78, 5) is 29.2. The SMILES string of the molecule is COc1ccc(NC(=O)Cn2c(C)nc3c(c2=O)CCC3)cc1. The monoisotopic (exact) mass is 313 g/mol. The van der Waals surface area contributed by atoms with Crippen molar-refractivity contribution < 1.29 is 9.53 Å². The Labute approximate surface area is 134 Å². The number of benzene rings is 1. The minimum atomic E-state index is -0.250. The van der Waals surface area contributed by atoms with E-state index in [4.69, 9.17) is 4.74 Å². The molecule has 1 aromatic heterocycles. The number of rotatable bonds is 4. The number of carbonyl (C=O) groups is 1. The number of hydrogen-bond acceptors (Lipinski definition) is 4. The van der Waals surface area contributed by atoms with E-state index in [0.29, 0.717) is 11.5 Å². The summed E-state index contributed by atoms with van der Waals surface area (Å²) in [5, 5.41) is 2.78. The van der Waals surface area contributed by atoms with Crippen molar-refractivity contribution in [3.8, 4) is 5.75 Å². The first-order valence-corrected chi connectivity index (χ1v) is 7.61. The summed E-state index contributed by atoms with van der Waals surface area (Å²) < 4.78 is 6.52. The Morgan fingerprint density at radius 3 is 2.74 bits per heavy atom. The van der Waals surface area contributed by atoms with Gasteiger partial charge in [-0.2, -0.15) is 0 Å². The van der Waals surface area contributed by atoms with E-state index in [0.717, 1.165) is 36.3 Å². The highest BCUT2D eigenvalue weighted by atomic mass is 16.5. The molecule has 120 valence electrons. The summed E-state index contributed by atoms with van der Waals surface area (Å²) in [7, 11) is 1.59. The Balaban J connectivity index is 1.76. The molecule has 0 atom stereocenters. The highest BCUT2D eigenvalue weighted by Crippen LogP contribution is 2.17. The van der Waals surface area contributed by atoms with Crippen LogP contribution in [-0.4, -0.2) is 22.6 Å². The third kappa shape index (κ3) is 3.11. The summed E-state index contributed by atoms with van der Waals surface area (Å²) in [6, 6.07) is 7.05. The van der Waals surface area contributed by atoms with Crippen LogP contribution in [0.15, 0.2) is 29.1 Å². The Morgan fingerprint density at radius 2 is 2.04 bits per heavy atom. The number of anilines is 1. The smallest absolute Gasteiger partial charge is 0.257 e. The van der Waals surface area contributed by atoms with Crippen LogP contribution in [0, 0.1) is 6.92 Å². The number of methoxy groups -OCH3 is 1. The van der Waals surface area contributed by atoms with E-state index in [9.17, 15) is 9.59 Å². The number of carbonyl (C=O) groups excluding carboxylic acids is 1. The van der Waals surface area contributed by atoms with Gasteiger partial charge < -0.3 is 10.1 Å². The van der Waals surface area contributed by atoms with Gasteiger partial charge in [0, 0.05) is 11.3 Å². The summed E-state index contributed by atoms with van der Waals surface area (Å²) in [5.41, 5.74) is 2.22. The average molecular weight is 313 g/mol. The van der Waals surface area contributed by atoms with Gasteiger partial charge in [0.25, 0.3) is 5.56 Å². The minimum absolute atomic E-state index is 0.0308. The first-order valence-electron chi connectivity index (χ1n) is 7.61. The van der Waals surface area contributed by atoms with E-state index < -0.39 is 0 Å². The van der Waals surface area contributed by atoms with Crippen molar-refractivity contribution in [2.45, 2.75) is 32.7 Å². The van der Waals surface area contributed by atoms with Crippen LogP contribution in [-0.2, 0) is 24.2 Å². The van der Waals surface area contributed by atoms with Gasteiger partial charge in [-0.15, -0.1) is 0 Å². The van der Waals surface area contributed by atoms with Crippen molar-refractivity contribution in [3.05, 3.63) is 51.7 Å². The molecule has 3 rings (SSSR count). The zero-order valence-electron chi connectivity index (χ0n) is 13.3. The fraction of sp³-hybridized carbons (Fsp3) is 0.353. The van der Waals surface area contributed by atoms with Gasteiger partial charge in [0.05, 0.1) is 12.8 Å². The van der Waals surface area contributed by atoms with Gasteiger partial charge in [-0.05, 0) is 50.5 Å². The lowest BCUT2D eigenvalue weighted by atomic mass is 10.2. The van der Waals surface area contributed by atoms with E-state index in [2.05, 4.69) is 10.3 Å². The largest absolute Gasteiger partial charge is 0.497 e. The maximum absolute atomic E-state index is 12.5. The molecule has 0 radical (unpaired) electrons. The Morgan fingerprint density at radius 1 is 1.30 bits per heavy atom. The Kier molecular flexibility index (Phi) is 4.14. The standard InChI is InChI=1S/C17H19N3O3/c1-11-18-15-5-3-4-14(15)17(22)20(11)10-16(21)19-12-6-8-13(23-2)9-7-12/h6-9H,3-5,10H2,1-2H3,(H,19,21). The summed E-state index contributed by atoms with van der Waals surface area (Å²) in [6.45, 7) is 1.73. The van der Waals surface area contributed by atoms with Crippen LogP contribution < -0.4 is 15.6 Å². The van der Waals surface area contributed by atoms with Gasteiger partial charge in [0.2, 0.25) is 5.91 Å². The van der Waals surface area contributed by atoms with E-state index in [1.807, 2.05) is 0 Å². The molecule has 0 bridgehead atoms. The van der Waals surface area contributed by atoms with Gasteiger partial charge in [-0.3, -0.25) is 14.2 Å². The molecule has 0 fully saturated rings. The van der Waals surface area contributed by atoms with Crippen LogP contribution in [0.1, 0.15) is 23.5 Å². The van der Waals surface area contributed by atoms with E-state index >= 15 is 0 Å². The summed E-state index contributed by atoms with van der Waals surface area (Å²) in [5.74, 6) is 1.05. The van der Waals surface area contributed by atoms with Crippen molar-refractivity contribution in [1.82, 2.24) is 9.55 Å². The van der Waals surface area contributed by atoms with Crippen molar-refractivity contribution in [3.63, 3.8) is 0 Å². The number of amides is 1. The fourth-order valence-electron chi connectivity index (χ4n) is 2.85. The van der Waals surface area contributed by atoms with Gasteiger partial charge in [0.15, 0.2) is 0 Å². The molecule has 0 aliphatic heterocycles. The molecular formula is C17H19N3O3. The number of hydrogen-bond donors (Lipinski definition) is 1. The van der Waals surface area contributed by atoms with Gasteiger partial charge >= 0.3 is 0 Å². The quantitative estimate of drug-likeness (QED) is 0.932. The number of nitrogens with zero attached hydrogens (tertiary/aromatic N) is 2. The first-order chi connectivity index (χ1) is 11.1. The molecule has 6 heteroatoms. The van der Waals surface area contributed by atoms with Crippen LogP contribution >= 0.6 is 0 Å². The summed E-state index contributed by atoms with van der Waals surface area (Å²) >= 11 is 0. The second-order valence-corrected chi connectivity index (χ2v) is 5.61. The molecule has 1 aromatic carbocycles. The zero-order valence-corrected chi connectivity index (χ0v) is 13.3. The predicted molar refractivity (Wildman–Crippen MR) is 86.9 cm³/mol. The number of ether oxygens (including phenoxy) is 1. The molecule has 1 aliphatic rings. The molecule has 23 heavy (non-hydrogen) atoms. The molecule has 2 aromatic rings. The molecule has 6 nitrogen and oxygen atoms in total. The average Bonchev–Trinajstić information content (AvgIpc) is 3.00. The lowest BCUT2D eigenvalue weighted by Gasteiger charge is -2.12. The van der Waals surface area contributed by atoms with Crippen LogP contribution in [0.3, 0.4) is 0 Å². The maximum Gasteiger partial charge on any atom is 0.257 e. The molecule has 0 unspecified atom stereocenters. The summed E-state index contributed by atoms with van der Waals surface area (Å²) in [6.07, 6.45) is 2.56. The second-order valence-electron chi connectivity index (χ2n) is 5.61. The third-order valence-corrected chi connectivity index (χ3v) is 4.05. The highest BCUT2D eigenvalue weighted by molar-refractivity contribution is 5.90. The Hall–Kier alpha value is -2.63. The molecular weight excluding hydrogens is 294 g/mol. The minimum Gasteiger partial charge on any atom is -0.497 e. The van der Waals surface area contributed by atoms with Crippen LogP contribution in [0.25, 0.3) is 0 Å². The molecule has 1 amide bonds. The fourth-order valence-corrected chi connectivity index (χ4v) is 2.85. The number of aromatic nitrogens is 2. The van der Waals surface area contributed by atoms with Crippen molar-refractivity contribution in [1.29, 1.82) is 0 Å². The molecule has 0 saturated heterocycles. The molecule has 1 aliphatic carbocycles. The predicted octanol–water partition coefficient (Wildman–Crippen LogP) is 1.69. The van der Waals surface area contributed by atoms with E-state index in [1.165, 1.54) is 4.57 Å². The third-order valence-electron chi connectivity index (χ3n) is 4.05. The van der Waals surface area contributed by atoms with Crippen LogP contribution in [0.5, 0.6) is 5.75 Å². The molecule has 1 heterocycles. The molecule has 0 saturated carbocycles. The van der Waals surface area contributed by atoms with Crippen molar-refractivity contribution >= 4 is 11.6 Å². The van der Waals surface area contributed by atoms with Crippen LogP contribution in [0.2, 0.25) is 0 Å². The number of nitrogens with one attached hydrogen (secondary N) is 1. The first kappa shape index (κ1) is 15.3. The van der Waals surface area contributed by atoms with E-state index in [1.54, 1.807) is 38.3 Å². The zero-order chi connectivity index (χ0) is 16.4. The van der Waals surface area contributed by atoms with Crippen molar-refractivity contribution in [2.24, 2.45) is 0 Å². The second kappa shape index (κ2) is 6.24. The number of fused-ring (bicyclic) bond motifs is 1. The van der Waals surface area contributed by atoms with Gasteiger partial charge in [-0.1, -0.05) is 0 Å². The lowest BCUT2D eigenvalue weighted by molar-refractivity contribution is -0.116. The molecule has 1 N–H and O–H groups in total. The molecule has 0 spiro atoms. The van der Waals surface area contributed by atoms with Crippen LogP contribution in [0.4, 0.5) is 5.69 Å². The Bertz CT molecular complexity index is 794. The van der Waals surface area contributed by atoms with E-state index in [-0.39, 0.29) is 18.0 Å². The van der Waals surface area contributed by atoms with Gasteiger partial charge in [-0.25, -0.2) is 4.98 Å². The topological polar surface area (TPSA) is 73.2 Å². The van der Waals surface area contributed by atoms with Crippen molar-refractivity contribution in [2.75, 3.05) is 12.4 Å². The normalized spacial score (nSPS) is 12.8. The highest BCUT2D eigenvalue weighted by Gasteiger charge is 2.20.